The Morgan fingerprint density at radius 1 is 0.871 bits per heavy atom. The van der Waals surface area contributed by atoms with E-state index in [9.17, 15) is 15.3 Å². The summed E-state index contributed by atoms with van der Waals surface area (Å²) in [5.41, 5.74) is -0.981. The van der Waals surface area contributed by atoms with Crippen LogP contribution in [0, 0.1) is 52.3 Å². The van der Waals surface area contributed by atoms with Crippen molar-refractivity contribution in [3.8, 4) is 0 Å². The quantitative estimate of drug-likeness (QED) is 0.512. The van der Waals surface area contributed by atoms with E-state index >= 15 is 0 Å². The van der Waals surface area contributed by atoms with Crippen molar-refractivity contribution in [2.24, 2.45) is 52.3 Å². The van der Waals surface area contributed by atoms with Gasteiger partial charge in [-0.25, -0.2) is 0 Å². The molecule has 4 rings (SSSR count). The monoisotopic (exact) mass is 434 g/mol. The summed E-state index contributed by atoms with van der Waals surface area (Å²) >= 11 is 0. The summed E-state index contributed by atoms with van der Waals surface area (Å²) in [6, 6.07) is 0. The first-order valence-corrected chi connectivity index (χ1v) is 13.5. The fourth-order valence-electron chi connectivity index (χ4n) is 9.30. The molecule has 0 heterocycles. The molecule has 4 saturated carbocycles. The van der Waals surface area contributed by atoms with Crippen molar-refractivity contribution in [3.05, 3.63) is 0 Å². The van der Waals surface area contributed by atoms with Crippen molar-refractivity contribution in [1.29, 1.82) is 0 Å². The average molecular weight is 435 g/mol. The summed E-state index contributed by atoms with van der Waals surface area (Å²) in [6.45, 7) is 14.4. The minimum atomic E-state index is -1.11. The van der Waals surface area contributed by atoms with E-state index in [2.05, 4.69) is 41.5 Å². The lowest BCUT2D eigenvalue weighted by Gasteiger charge is -2.65. The molecule has 3 N–H and O–H groups in total. The van der Waals surface area contributed by atoms with Crippen molar-refractivity contribution in [3.63, 3.8) is 0 Å². The van der Waals surface area contributed by atoms with Crippen molar-refractivity contribution < 1.29 is 15.3 Å². The van der Waals surface area contributed by atoms with E-state index in [0.29, 0.717) is 29.6 Å². The highest BCUT2D eigenvalue weighted by atomic mass is 16.3. The highest BCUT2D eigenvalue weighted by molar-refractivity contribution is 5.17. The number of hydrogen-bond donors (Lipinski definition) is 3. The van der Waals surface area contributed by atoms with Crippen LogP contribution < -0.4 is 0 Å². The third kappa shape index (κ3) is 3.64. The molecule has 0 aromatic heterocycles. The van der Waals surface area contributed by atoms with Crippen molar-refractivity contribution >= 4 is 0 Å². The van der Waals surface area contributed by atoms with E-state index in [0.717, 1.165) is 42.9 Å². The van der Waals surface area contributed by atoms with Gasteiger partial charge in [-0.05, 0) is 91.8 Å². The van der Waals surface area contributed by atoms with Gasteiger partial charge >= 0.3 is 0 Å². The molecule has 3 heteroatoms. The normalized spacial score (nSPS) is 51.7. The lowest BCUT2D eigenvalue weighted by molar-refractivity contribution is -0.264. The van der Waals surface area contributed by atoms with Gasteiger partial charge in [0.05, 0.1) is 17.8 Å². The fraction of sp³-hybridized carbons (Fsp3) is 1.00. The Bertz CT molecular complexity index is 648. The smallest absolute Gasteiger partial charge is 0.0985 e. The standard InChI is InChI=1S/C28H50O3/c1-17(2)18(3)7-8-19(4)22-9-10-23-21-15-25(30)28(31)16-20(29)11-14-27(28,6)24(21)12-13-26(22,23)5/h17-25,29-31H,7-16H2,1-6H3/t18-,19-,20+,21+,22-,23+,24+,25?,26-,27-,28?/m1/s1. The topological polar surface area (TPSA) is 60.7 Å². The van der Waals surface area contributed by atoms with Crippen molar-refractivity contribution in [2.75, 3.05) is 0 Å². The number of fused-ring (bicyclic) bond motifs is 5. The lowest BCUT2D eigenvalue weighted by atomic mass is 9.42. The van der Waals surface area contributed by atoms with Crippen LogP contribution in [-0.4, -0.2) is 33.1 Å². The first kappa shape index (κ1) is 24.0. The molecule has 4 fully saturated rings. The molecule has 0 aromatic carbocycles. The maximum Gasteiger partial charge on any atom is 0.0985 e. The molecule has 0 spiro atoms. The van der Waals surface area contributed by atoms with Crippen LogP contribution in [0.1, 0.15) is 106 Å². The summed E-state index contributed by atoms with van der Waals surface area (Å²) in [5.74, 6) is 4.85. The zero-order chi connectivity index (χ0) is 22.8. The number of aliphatic hydroxyl groups excluding tert-OH is 2. The summed E-state index contributed by atoms with van der Waals surface area (Å²) in [4.78, 5) is 0. The van der Waals surface area contributed by atoms with Gasteiger partial charge in [-0.3, -0.25) is 0 Å². The second kappa shape index (κ2) is 8.27. The van der Waals surface area contributed by atoms with Gasteiger partial charge in [0.2, 0.25) is 0 Å². The van der Waals surface area contributed by atoms with Crippen molar-refractivity contribution in [2.45, 2.75) is 124 Å². The molecule has 0 aromatic rings. The Kier molecular flexibility index (Phi) is 6.41. The van der Waals surface area contributed by atoms with Crippen molar-refractivity contribution in [1.82, 2.24) is 0 Å². The molecule has 2 unspecified atom stereocenters. The molecule has 0 saturated heterocycles. The van der Waals surface area contributed by atoms with Crippen LogP contribution in [0.15, 0.2) is 0 Å². The first-order chi connectivity index (χ1) is 14.4. The van der Waals surface area contributed by atoms with E-state index in [1.807, 2.05) is 0 Å². The van der Waals surface area contributed by atoms with Crippen LogP contribution in [0.2, 0.25) is 0 Å². The molecule has 31 heavy (non-hydrogen) atoms. The highest BCUT2D eigenvalue weighted by Gasteiger charge is 2.67. The molecule has 180 valence electrons. The lowest BCUT2D eigenvalue weighted by Crippen LogP contribution is -2.68. The Hall–Kier alpha value is -0.120. The van der Waals surface area contributed by atoms with E-state index in [1.165, 1.54) is 38.5 Å². The van der Waals surface area contributed by atoms with Gasteiger partial charge in [-0.2, -0.15) is 0 Å². The van der Waals surface area contributed by atoms with Crippen LogP contribution in [0.5, 0.6) is 0 Å². The molecular formula is C28H50O3. The predicted molar refractivity (Wildman–Crippen MR) is 126 cm³/mol. The maximum absolute atomic E-state index is 11.6. The zero-order valence-electron chi connectivity index (χ0n) is 21.1. The Balaban J connectivity index is 1.52. The predicted octanol–water partition coefficient (Wildman–Crippen LogP) is 5.80. The summed E-state index contributed by atoms with van der Waals surface area (Å²) in [6.07, 6.45) is 9.33. The Morgan fingerprint density at radius 2 is 1.58 bits per heavy atom. The first-order valence-electron chi connectivity index (χ1n) is 13.5. The third-order valence-corrected chi connectivity index (χ3v) is 11.8. The second-order valence-electron chi connectivity index (χ2n) is 13.4. The molecule has 11 atom stereocenters. The van der Waals surface area contributed by atoms with E-state index in [-0.39, 0.29) is 5.41 Å². The third-order valence-electron chi connectivity index (χ3n) is 11.8. The van der Waals surface area contributed by atoms with Crippen LogP contribution >= 0.6 is 0 Å². The summed E-state index contributed by atoms with van der Waals surface area (Å²) < 4.78 is 0. The molecule has 4 aliphatic rings. The molecule has 4 aliphatic carbocycles. The fourth-order valence-corrected chi connectivity index (χ4v) is 9.30. The largest absolute Gasteiger partial charge is 0.393 e. The maximum atomic E-state index is 11.6. The van der Waals surface area contributed by atoms with Crippen LogP contribution in [0.25, 0.3) is 0 Å². The molecule has 0 radical (unpaired) electrons. The second-order valence-corrected chi connectivity index (χ2v) is 13.4. The summed E-state index contributed by atoms with van der Waals surface area (Å²) in [5, 5.41) is 33.1. The molecule has 0 amide bonds. The molecule has 0 aliphatic heterocycles. The van der Waals surface area contributed by atoms with Gasteiger partial charge < -0.3 is 15.3 Å². The van der Waals surface area contributed by atoms with E-state index < -0.39 is 17.8 Å². The molecular weight excluding hydrogens is 384 g/mol. The molecule has 0 bridgehead atoms. The van der Waals surface area contributed by atoms with Gasteiger partial charge in [0.25, 0.3) is 0 Å². The average Bonchev–Trinajstić information content (AvgIpc) is 3.05. The number of aliphatic hydroxyl groups is 3. The zero-order valence-corrected chi connectivity index (χ0v) is 21.1. The van der Waals surface area contributed by atoms with Crippen LogP contribution in [-0.2, 0) is 0 Å². The Labute approximate surface area is 191 Å². The Morgan fingerprint density at radius 3 is 2.26 bits per heavy atom. The highest BCUT2D eigenvalue weighted by Crippen LogP contribution is 2.69. The van der Waals surface area contributed by atoms with E-state index in [1.54, 1.807) is 0 Å². The van der Waals surface area contributed by atoms with Crippen LogP contribution in [0.3, 0.4) is 0 Å². The van der Waals surface area contributed by atoms with E-state index in [4.69, 9.17) is 0 Å². The van der Waals surface area contributed by atoms with Gasteiger partial charge in [-0.15, -0.1) is 0 Å². The minimum absolute atomic E-state index is 0.258. The van der Waals surface area contributed by atoms with Gasteiger partial charge in [0.15, 0.2) is 0 Å². The minimum Gasteiger partial charge on any atom is -0.393 e. The molecule has 3 nitrogen and oxygen atoms in total. The van der Waals surface area contributed by atoms with Crippen LogP contribution in [0.4, 0.5) is 0 Å². The van der Waals surface area contributed by atoms with Gasteiger partial charge in [0.1, 0.15) is 0 Å². The number of rotatable bonds is 5. The van der Waals surface area contributed by atoms with Gasteiger partial charge in [0, 0.05) is 11.8 Å². The number of hydrogen-bond acceptors (Lipinski definition) is 3. The van der Waals surface area contributed by atoms with Gasteiger partial charge in [-0.1, -0.05) is 54.4 Å². The summed E-state index contributed by atoms with van der Waals surface area (Å²) in [7, 11) is 0. The SMILES string of the molecule is CC(C)[C@H](C)CC[C@@H](C)[C@H]1CC[C@H]2[C@@H]3CC(O)C4(O)C[C@@H](O)CC[C@]4(C)[C@H]3CC[C@]12C.